The van der Waals surface area contributed by atoms with E-state index in [1.165, 1.54) is 23.1 Å². The van der Waals surface area contributed by atoms with Crippen LogP contribution in [0.25, 0.3) is 17.2 Å². The zero-order valence-electron chi connectivity index (χ0n) is 17.8. The lowest BCUT2D eigenvalue weighted by atomic mass is 10.0. The van der Waals surface area contributed by atoms with Gasteiger partial charge in [0, 0.05) is 12.6 Å². The fourth-order valence-corrected chi connectivity index (χ4v) is 2.38. The summed E-state index contributed by atoms with van der Waals surface area (Å²) in [5.74, 6) is 0.780. The van der Waals surface area contributed by atoms with Crippen molar-refractivity contribution in [3.63, 3.8) is 0 Å². The van der Waals surface area contributed by atoms with Crippen molar-refractivity contribution in [1.82, 2.24) is 5.48 Å². The van der Waals surface area contributed by atoms with E-state index in [-0.39, 0.29) is 0 Å². The summed E-state index contributed by atoms with van der Waals surface area (Å²) in [7, 11) is 1.73. The maximum absolute atomic E-state index is 5.30. The van der Waals surface area contributed by atoms with Gasteiger partial charge in [-0.15, -0.1) is 0 Å². The highest BCUT2D eigenvalue weighted by molar-refractivity contribution is 5.70. The van der Waals surface area contributed by atoms with Gasteiger partial charge in [-0.2, -0.15) is 5.48 Å². The summed E-state index contributed by atoms with van der Waals surface area (Å²) >= 11 is 0. The second-order valence-corrected chi connectivity index (χ2v) is 6.42. The second-order valence-electron chi connectivity index (χ2n) is 6.42. The molecule has 0 unspecified atom stereocenters. The highest BCUT2D eigenvalue weighted by Gasteiger charge is 2.03. The van der Waals surface area contributed by atoms with Crippen molar-refractivity contribution in [2.24, 2.45) is 0 Å². The summed E-state index contributed by atoms with van der Waals surface area (Å²) in [6.45, 7) is 12.3. The van der Waals surface area contributed by atoms with Crippen LogP contribution in [0.2, 0.25) is 0 Å². The number of nitrogens with one attached hydrogen (secondary N) is 1. The van der Waals surface area contributed by atoms with E-state index in [4.69, 9.17) is 4.84 Å². The molecule has 0 fully saturated rings. The summed E-state index contributed by atoms with van der Waals surface area (Å²) in [6.07, 6.45) is 3.04. The quantitative estimate of drug-likeness (QED) is 0.486. The minimum Gasteiger partial charge on any atom is -0.408 e. The third-order valence-corrected chi connectivity index (χ3v) is 3.97. The molecule has 3 aromatic rings. The Balaban J connectivity index is 0.000000296. The molecule has 0 atom stereocenters. The van der Waals surface area contributed by atoms with Crippen molar-refractivity contribution in [2.75, 3.05) is 7.05 Å². The topological polar surface area (TPSA) is 21.3 Å². The lowest BCUT2D eigenvalue weighted by Crippen LogP contribution is -2.11. The summed E-state index contributed by atoms with van der Waals surface area (Å²) in [4.78, 5) is 5.30. The monoisotopic (exact) mass is 375 g/mol. The maximum Gasteiger partial charge on any atom is 0.154 e. The molecule has 0 saturated carbocycles. The summed E-state index contributed by atoms with van der Waals surface area (Å²) < 4.78 is 0. The Morgan fingerprint density at radius 2 is 1.36 bits per heavy atom. The zero-order chi connectivity index (χ0) is 20.8. The van der Waals surface area contributed by atoms with E-state index in [2.05, 4.69) is 82.2 Å². The highest BCUT2D eigenvalue weighted by atomic mass is 16.6. The minimum atomic E-state index is 0.780. The first-order chi connectivity index (χ1) is 13.6. The number of aryl methyl sites for hydroxylation is 2. The number of hydrogen-bond donors (Lipinski definition) is 1. The van der Waals surface area contributed by atoms with Crippen LogP contribution in [0.3, 0.4) is 0 Å². The summed E-state index contributed by atoms with van der Waals surface area (Å²) in [6, 6.07) is 24.6. The van der Waals surface area contributed by atoms with Gasteiger partial charge in [-0.25, -0.2) is 0 Å². The predicted octanol–water partition coefficient (Wildman–Crippen LogP) is 7.23. The molecule has 28 heavy (non-hydrogen) atoms. The van der Waals surface area contributed by atoms with Crippen LogP contribution in [0, 0.1) is 13.8 Å². The van der Waals surface area contributed by atoms with Crippen LogP contribution in [0.15, 0.2) is 79.4 Å². The Kier molecular flexibility index (Phi) is 11.1. The second kappa shape index (κ2) is 13.3. The van der Waals surface area contributed by atoms with Crippen LogP contribution < -0.4 is 10.3 Å². The average Bonchev–Trinajstić information content (AvgIpc) is 2.72. The van der Waals surface area contributed by atoms with E-state index in [1.54, 1.807) is 13.1 Å². The molecular weight excluding hydrogens is 342 g/mol. The highest BCUT2D eigenvalue weighted by Crippen LogP contribution is 2.27. The van der Waals surface area contributed by atoms with E-state index >= 15 is 0 Å². The van der Waals surface area contributed by atoms with Gasteiger partial charge < -0.3 is 4.84 Å². The SMILES string of the molecule is C=Cc1cc(-c2ccccc2)ccc1ONC.CCC.Cc1ccccc1C. The van der Waals surface area contributed by atoms with Gasteiger partial charge >= 0.3 is 0 Å². The normalized spacial score (nSPS) is 9.32. The summed E-state index contributed by atoms with van der Waals surface area (Å²) in [5, 5.41) is 0. The smallest absolute Gasteiger partial charge is 0.154 e. The number of rotatable bonds is 4. The van der Waals surface area contributed by atoms with Gasteiger partial charge in [0.15, 0.2) is 5.75 Å². The molecule has 3 rings (SSSR count). The fraction of sp³-hybridized carbons (Fsp3) is 0.231. The molecule has 2 heteroatoms. The molecule has 3 aromatic carbocycles. The molecular formula is C26H33NO. The van der Waals surface area contributed by atoms with Gasteiger partial charge in [-0.3, -0.25) is 0 Å². The number of hydrogen-bond acceptors (Lipinski definition) is 2. The zero-order valence-corrected chi connectivity index (χ0v) is 17.8. The van der Waals surface area contributed by atoms with Crippen LogP contribution in [0.1, 0.15) is 37.0 Å². The van der Waals surface area contributed by atoms with Crippen LogP contribution in [0.5, 0.6) is 5.75 Å². The molecule has 148 valence electrons. The fourth-order valence-electron chi connectivity index (χ4n) is 2.38. The van der Waals surface area contributed by atoms with Crippen LogP contribution in [0.4, 0.5) is 0 Å². The first-order valence-electron chi connectivity index (χ1n) is 9.75. The van der Waals surface area contributed by atoms with Crippen molar-refractivity contribution in [1.29, 1.82) is 0 Å². The van der Waals surface area contributed by atoms with E-state index in [9.17, 15) is 0 Å². The lowest BCUT2D eigenvalue weighted by Gasteiger charge is -2.09. The third kappa shape index (κ3) is 7.81. The van der Waals surface area contributed by atoms with Crippen molar-refractivity contribution in [3.05, 3.63) is 96.1 Å². The Bertz CT molecular complexity index is 804. The van der Waals surface area contributed by atoms with Gasteiger partial charge in [-0.05, 0) is 48.2 Å². The largest absolute Gasteiger partial charge is 0.408 e. The third-order valence-electron chi connectivity index (χ3n) is 3.97. The lowest BCUT2D eigenvalue weighted by molar-refractivity contribution is 0.223. The van der Waals surface area contributed by atoms with E-state index in [1.807, 2.05) is 30.3 Å². The van der Waals surface area contributed by atoms with Crippen LogP contribution in [-0.2, 0) is 0 Å². The van der Waals surface area contributed by atoms with Crippen molar-refractivity contribution >= 4 is 6.08 Å². The molecule has 0 heterocycles. The average molecular weight is 376 g/mol. The van der Waals surface area contributed by atoms with Crippen molar-refractivity contribution in [2.45, 2.75) is 34.1 Å². The maximum atomic E-state index is 5.30. The Hall–Kier alpha value is -2.84. The van der Waals surface area contributed by atoms with E-state index < -0.39 is 0 Å². The van der Waals surface area contributed by atoms with Crippen molar-refractivity contribution in [3.8, 4) is 16.9 Å². The molecule has 0 bridgehead atoms. The van der Waals surface area contributed by atoms with E-state index in [0.29, 0.717) is 0 Å². The number of hydroxylamine groups is 1. The molecule has 0 amide bonds. The minimum absolute atomic E-state index is 0.780. The molecule has 2 nitrogen and oxygen atoms in total. The standard InChI is InChI=1S/C15H15NO.C8H10.C3H8/c1-3-12-11-14(9-10-15(12)17-16-2)13-7-5-4-6-8-13;1-7-5-3-4-6-8(7)2;1-3-2/h3-11,16H,1H2,2H3;3-6H,1-2H3;3H2,1-2H3. The van der Waals surface area contributed by atoms with Gasteiger partial charge in [0.1, 0.15) is 0 Å². The molecule has 0 aliphatic carbocycles. The van der Waals surface area contributed by atoms with Crippen molar-refractivity contribution < 1.29 is 4.84 Å². The Morgan fingerprint density at radius 1 is 0.821 bits per heavy atom. The predicted molar refractivity (Wildman–Crippen MR) is 124 cm³/mol. The summed E-state index contributed by atoms with van der Waals surface area (Å²) in [5.41, 5.74) is 8.72. The van der Waals surface area contributed by atoms with E-state index in [0.717, 1.165) is 16.9 Å². The van der Waals surface area contributed by atoms with Gasteiger partial charge in [-0.1, -0.05) is 93.6 Å². The number of benzene rings is 3. The molecule has 0 aliphatic rings. The van der Waals surface area contributed by atoms with Crippen LogP contribution in [-0.4, -0.2) is 7.05 Å². The van der Waals surface area contributed by atoms with Gasteiger partial charge in [0.2, 0.25) is 0 Å². The first-order valence-corrected chi connectivity index (χ1v) is 9.75. The molecule has 0 aliphatic heterocycles. The van der Waals surface area contributed by atoms with Gasteiger partial charge in [0.25, 0.3) is 0 Å². The molecule has 1 N–H and O–H groups in total. The molecule has 0 radical (unpaired) electrons. The van der Waals surface area contributed by atoms with Crippen LogP contribution >= 0.6 is 0 Å². The Morgan fingerprint density at radius 3 is 1.82 bits per heavy atom. The first kappa shape index (κ1) is 23.2. The molecule has 0 aromatic heterocycles. The molecule has 0 saturated heterocycles. The molecule has 0 spiro atoms. The van der Waals surface area contributed by atoms with Gasteiger partial charge in [0.05, 0.1) is 0 Å². The Labute approximate surface area is 170 Å².